The Hall–Kier alpha value is -2.24. The molecule has 0 aromatic carbocycles. The molecule has 0 spiro atoms. The van der Waals surface area contributed by atoms with Crippen molar-refractivity contribution in [3.8, 4) is 0 Å². The Kier molecular flexibility index (Phi) is 23.0. The second-order valence-corrected chi connectivity index (χ2v) is 4.41. The summed E-state index contributed by atoms with van der Waals surface area (Å²) in [4.78, 5) is 23.7. The molecule has 142 valence electrons. The summed E-state index contributed by atoms with van der Waals surface area (Å²) in [6.45, 7) is 1.86. The smallest absolute Gasteiger partial charge is 0.370 e. The highest BCUT2D eigenvalue weighted by atomic mass is 16.5. The molecule has 24 heavy (non-hydrogen) atoms. The Bertz CT molecular complexity index is 362. The lowest BCUT2D eigenvalue weighted by Crippen LogP contribution is -2.34. The van der Waals surface area contributed by atoms with E-state index in [2.05, 4.69) is 9.98 Å². The zero-order valence-corrected chi connectivity index (χ0v) is 13.7. The number of hydrogen-bond donors (Lipinski definition) is 8. The van der Waals surface area contributed by atoms with Crippen LogP contribution in [-0.2, 0) is 9.59 Å². The van der Waals surface area contributed by atoms with Gasteiger partial charge in [-0.1, -0.05) is 0 Å². The topological polar surface area (TPSA) is 255 Å². The van der Waals surface area contributed by atoms with E-state index in [1.807, 2.05) is 0 Å². The number of hydrogen-bond acceptors (Lipinski definition) is 8. The maximum absolute atomic E-state index is 8.57. The van der Waals surface area contributed by atoms with Gasteiger partial charge in [-0.2, -0.15) is 9.59 Å². The molecule has 0 saturated heterocycles. The van der Waals surface area contributed by atoms with Gasteiger partial charge in [-0.05, 0) is 32.2 Å². The molecule has 0 rings (SSSR count). The predicted molar refractivity (Wildman–Crippen MR) is 90.1 cm³/mol. The first-order valence-electron chi connectivity index (χ1n) is 7.14. The highest BCUT2D eigenvalue weighted by Crippen LogP contribution is 1.97. The molecule has 0 bridgehead atoms. The van der Waals surface area contributed by atoms with E-state index in [0.29, 0.717) is 32.5 Å². The van der Waals surface area contributed by atoms with Crippen molar-refractivity contribution in [2.75, 3.05) is 19.6 Å². The number of nitrogens with zero attached hydrogens (tertiary/aromatic N) is 2. The molecule has 0 fully saturated rings. The molecule has 0 amide bonds. The normalized spacial score (nSPS) is 10.2. The van der Waals surface area contributed by atoms with Gasteiger partial charge < -0.3 is 44.6 Å². The van der Waals surface area contributed by atoms with Crippen LogP contribution in [0.3, 0.4) is 0 Å². The third-order valence-corrected chi connectivity index (χ3v) is 2.28. The van der Waals surface area contributed by atoms with Crippen molar-refractivity contribution in [2.24, 2.45) is 44.4 Å². The monoisotopic (exact) mass is 350 g/mol. The molecule has 0 unspecified atom stereocenters. The number of guanidine groups is 2. The van der Waals surface area contributed by atoms with Crippen LogP contribution < -0.4 is 34.4 Å². The average Bonchev–Trinajstić information content (AvgIpc) is 2.49. The molecule has 0 heterocycles. The number of aliphatic hydroxyl groups excluding tert-OH is 1. The largest absolute Gasteiger partial charge is 0.373 e. The van der Waals surface area contributed by atoms with E-state index in [-0.39, 0.29) is 18.1 Å². The summed E-state index contributed by atoms with van der Waals surface area (Å²) in [6, 6.07) is -0.626. The minimum atomic E-state index is -1.47. The molecule has 0 aliphatic carbocycles. The lowest BCUT2D eigenvalue weighted by Gasteiger charge is -2.11. The van der Waals surface area contributed by atoms with Crippen molar-refractivity contribution in [1.29, 1.82) is 0 Å². The third kappa shape index (κ3) is 31.9. The quantitative estimate of drug-likeness (QED) is 0.0866. The Morgan fingerprint density at radius 1 is 0.917 bits per heavy atom. The summed E-state index contributed by atoms with van der Waals surface area (Å²) in [6.07, 6.45) is 1.85. The maximum Gasteiger partial charge on any atom is 0.373 e. The SMILES string of the molecule is NC(N)=NCCC[C@H](N)C(O)O.NCCCCN=C(N)N.O=C=O. The molecule has 0 aliphatic heterocycles. The van der Waals surface area contributed by atoms with E-state index >= 15 is 0 Å². The van der Waals surface area contributed by atoms with Crippen LogP contribution in [0.4, 0.5) is 0 Å². The second-order valence-electron chi connectivity index (χ2n) is 4.41. The van der Waals surface area contributed by atoms with Gasteiger partial charge in [0.1, 0.15) is 0 Å². The van der Waals surface area contributed by atoms with Crippen LogP contribution in [0, 0.1) is 0 Å². The van der Waals surface area contributed by atoms with Crippen LogP contribution in [0.25, 0.3) is 0 Å². The van der Waals surface area contributed by atoms with E-state index < -0.39 is 12.3 Å². The van der Waals surface area contributed by atoms with Gasteiger partial charge in [0.25, 0.3) is 0 Å². The van der Waals surface area contributed by atoms with E-state index in [1.165, 1.54) is 0 Å². The summed E-state index contributed by atoms with van der Waals surface area (Å²) in [5.41, 5.74) is 30.8. The van der Waals surface area contributed by atoms with Gasteiger partial charge in [0.15, 0.2) is 18.2 Å². The van der Waals surface area contributed by atoms with Crippen LogP contribution >= 0.6 is 0 Å². The summed E-state index contributed by atoms with van der Waals surface area (Å²) in [7, 11) is 0. The molecular formula is C12H30N8O4. The average molecular weight is 350 g/mol. The highest BCUT2D eigenvalue weighted by molar-refractivity contribution is 5.75. The molecule has 14 N–H and O–H groups in total. The molecule has 0 aromatic rings. The molecule has 0 saturated carbocycles. The Morgan fingerprint density at radius 3 is 1.67 bits per heavy atom. The van der Waals surface area contributed by atoms with Crippen LogP contribution in [-0.4, -0.2) is 60.2 Å². The fourth-order valence-corrected chi connectivity index (χ4v) is 1.15. The number of unbranched alkanes of at least 4 members (excludes halogenated alkanes) is 1. The molecule has 0 aromatic heterocycles. The Labute approximate surface area is 141 Å². The molecular weight excluding hydrogens is 320 g/mol. The molecule has 12 heteroatoms. The van der Waals surface area contributed by atoms with Crippen molar-refractivity contribution >= 4 is 18.1 Å². The van der Waals surface area contributed by atoms with E-state index in [1.54, 1.807) is 0 Å². The molecule has 0 aliphatic rings. The third-order valence-electron chi connectivity index (χ3n) is 2.28. The van der Waals surface area contributed by atoms with Gasteiger partial charge in [-0.3, -0.25) is 9.98 Å². The summed E-state index contributed by atoms with van der Waals surface area (Å²) in [5, 5.41) is 17.1. The number of rotatable bonds is 9. The highest BCUT2D eigenvalue weighted by Gasteiger charge is 2.09. The van der Waals surface area contributed by atoms with E-state index in [0.717, 1.165) is 12.8 Å². The first-order valence-corrected chi connectivity index (χ1v) is 7.14. The van der Waals surface area contributed by atoms with Gasteiger partial charge in [-0.15, -0.1) is 0 Å². The lowest BCUT2D eigenvalue weighted by atomic mass is 10.1. The van der Waals surface area contributed by atoms with Crippen LogP contribution in [0.15, 0.2) is 9.98 Å². The van der Waals surface area contributed by atoms with Gasteiger partial charge in [-0.25, -0.2) is 0 Å². The molecule has 0 radical (unpaired) electrons. The van der Waals surface area contributed by atoms with Crippen molar-refractivity contribution in [2.45, 2.75) is 38.0 Å². The van der Waals surface area contributed by atoms with Gasteiger partial charge in [0, 0.05) is 13.1 Å². The zero-order chi connectivity index (χ0) is 19.4. The van der Waals surface area contributed by atoms with E-state index in [4.69, 9.17) is 54.2 Å². The minimum Gasteiger partial charge on any atom is -0.370 e. The first-order chi connectivity index (χ1) is 11.2. The van der Waals surface area contributed by atoms with Gasteiger partial charge in [0.05, 0.1) is 6.04 Å². The van der Waals surface area contributed by atoms with Gasteiger partial charge in [0.2, 0.25) is 0 Å². The standard InChI is InChI=1S/C6H16N4O2.C5H14N4.CO2/c7-4(5(11)12)2-1-3-10-6(8)9;6-3-1-2-4-9-5(7)8;2-1-3/h4-5,11-12H,1-3,7H2,(H4,8,9,10);1-4,6H2,(H4,7,8,9);/t4-;;/m0../s1. The second kappa shape index (κ2) is 20.8. The summed E-state index contributed by atoms with van der Waals surface area (Å²) < 4.78 is 0. The Morgan fingerprint density at radius 2 is 1.33 bits per heavy atom. The maximum atomic E-state index is 8.57. The molecule has 1 atom stereocenters. The van der Waals surface area contributed by atoms with Crippen molar-refractivity contribution in [3.05, 3.63) is 0 Å². The molecule has 12 nitrogen and oxygen atoms in total. The summed E-state index contributed by atoms with van der Waals surface area (Å²) in [5.74, 6) is 0.195. The van der Waals surface area contributed by atoms with Crippen LogP contribution in [0.2, 0.25) is 0 Å². The van der Waals surface area contributed by atoms with Crippen LogP contribution in [0.5, 0.6) is 0 Å². The van der Waals surface area contributed by atoms with Gasteiger partial charge >= 0.3 is 6.15 Å². The fourth-order valence-electron chi connectivity index (χ4n) is 1.15. The number of aliphatic hydroxyl groups is 2. The minimum absolute atomic E-state index is 0.0353. The van der Waals surface area contributed by atoms with Crippen LogP contribution in [0.1, 0.15) is 25.7 Å². The summed E-state index contributed by atoms with van der Waals surface area (Å²) >= 11 is 0. The predicted octanol–water partition coefficient (Wildman–Crippen LogP) is -3.91. The zero-order valence-electron chi connectivity index (χ0n) is 13.7. The number of aliphatic imine (C=N–C) groups is 2. The number of nitrogens with two attached hydrogens (primary N) is 6. The number of carbonyl (C=O) groups excluding carboxylic acids is 2. The first kappa shape index (κ1) is 26.6. The fraction of sp³-hybridized carbons (Fsp3) is 0.750. The van der Waals surface area contributed by atoms with E-state index in [9.17, 15) is 0 Å². The lowest BCUT2D eigenvalue weighted by molar-refractivity contribution is -0.191. The van der Waals surface area contributed by atoms with Crippen molar-refractivity contribution in [3.63, 3.8) is 0 Å². The van der Waals surface area contributed by atoms with Crippen molar-refractivity contribution < 1.29 is 19.8 Å². The Balaban J connectivity index is -0.000000324. The van der Waals surface area contributed by atoms with Crippen molar-refractivity contribution in [1.82, 2.24) is 0 Å².